The summed E-state index contributed by atoms with van der Waals surface area (Å²) in [5, 5.41) is 1.15. The summed E-state index contributed by atoms with van der Waals surface area (Å²) in [6.07, 6.45) is -0.754. The van der Waals surface area contributed by atoms with Crippen LogP contribution in [0.15, 0.2) is 48.5 Å². The number of ketones is 1. The number of carbonyl (C=O) groups excluding carboxylic acids is 2. The first-order valence-electron chi connectivity index (χ1n) is 6.69. The van der Waals surface area contributed by atoms with Crippen LogP contribution >= 0.6 is 23.2 Å². The Kier molecular flexibility index (Phi) is 5.58. The van der Waals surface area contributed by atoms with Crippen LogP contribution in [0.25, 0.3) is 0 Å². The molecule has 0 aliphatic rings. The third kappa shape index (κ3) is 4.58. The van der Waals surface area contributed by atoms with Gasteiger partial charge in [0.1, 0.15) is 0 Å². The van der Waals surface area contributed by atoms with Crippen LogP contribution in [-0.4, -0.2) is 17.9 Å². The zero-order valence-corrected chi connectivity index (χ0v) is 13.4. The van der Waals surface area contributed by atoms with Gasteiger partial charge in [-0.2, -0.15) is 0 Å². The topological polar surface area (TPSA) is 43.4 Å². The van der Waals surface area contributed by atoms with Crippen molar-refractivity contribution in [1.29, 1.82) is 0 Å². The molecule has 3 nitrogen and oxygen atoms in total. The molecule has 22 heavy (non-hydrogen) atoms. The van der Waals surface area contributed by atoms with Gasteiger partial charge in [-0.25, -0.2) is 0 Å². The molecule has 0 amide bonds. The van der Waals surface area contributed by atoms with Gasteiger partial charge in [-0.15, -0.1) is 0 Å². The van der Waals surface area contributed by atoms with Gasteiger partial charge in [-0.05, 0) is 48.9 Å². The van der Waals surface area contributed by atoms with Gasteiger partial charge in [0.25, 0.3) is 0 Å². The number of rotatable bonds is 5. The van der Waals surface area contributed by atoms with Crippen molar-refractivity contribution in [3.05, 3.63) is 69.7 Å². The molecule has 0 heterocycles. The van der Waals surface area contributed by atoms with Crippen LogP contribution in [-0.2, 0) is 16.0 Å². The molecule has 0 spiro atoms. The van der Waals surface area contributed by atoms with Crippen LogP contribution in [0.3, 0.4) is 0 Å². The molecule has 0 bridgehead atoms. The van der Waals surface area contributed by atoms with Crippen molar-refractivity contribution < 1.29 is 14.3 Å². The van der Waals surface area contributed by atoms with E-state index in [0.29, 0.717) is 15.6 Å². The molecular weight excluding hydrogens is 323 g/mol. The van der Waals surface area contributed by atoms with Gasteiger partial charge in [0.2, 0.25) is 5.78 Å². The van der Waals surface area contributed by atoms with Crippen molar-refractivity contribution in [2.24, 2.45) is 0 Å². The number of hydrogen-bond donors (Lipinski definition) is 0. The summed E-state index contributed by atoms with van der Waals surface area (Å²) in [5.41, 5.74) is 1.23. The van der Waals surface area contributed by atoms with Crippen LogP contribution < -0.4 is 0 Å². The third-order valence-electron chi connectivity index (χ3n) is 3.07. The fraction of sp³-hybridized carbons (Fsp3) is 0.176. The zero-order valence-electron chi connectivity index (χ0n) is 11.9. The highest BCUT2D eigenvalue weighted by molar-refractivity contribution is 6.30. The van der Waals surface area contributed by atoms with Crippen molar-refractivity contribution in [3.63, 3.8) is 0 Å². The lowest BCUT2D eigenvalue weighted by Gasteiger charge is -2.12. The first-order valence-corrected chi connectivity index (χ1v) is 7.45. The van der Waals surface area contributed by atoms with Gasteiger partial charge in [0.15, 0.2) is 6.10 Å². The Labute approximate surface area is 138 Å². The lowest BCUT2D eigenvalue weighted by atomic mass is 10.1. The van der Waals surface area contributed by atoms with Crippen molar-refractivity contribution in [1.82, 2.24) is 0 Å². The third-order valence-corrected chi connectivity index (χ3v) is 3.57. The first kappa shape index (κ1) is 16.5. The van der Waals surface area contributed by atoms with Crippen molar-refractivity contribution >= 4 is 35.0 Å². The summed E-state index contributed by atoms with van der Waals surface area (Å²) >= 11 is 11.6. The maximum atomic E-state index is 12.2. The molecular formula is C17H14Cl2O3. The standard InChI is InChI=1S/C17H14Cl2O3/c1-11(17(21)13-4-8-15(19)9-5-13)22-16(20)10-12-2-6-14(18)7-3-12/h2-9,11H,10H2,1H3. The molecule has 0 saturated carbocycles. The van der Waals surface area contributed by atoms with Gasteiger partial charge in [-0.1, -0.05) is 35.3 Å². The Morgan fingerprint density at radius 2 is 1.45 bits per heavy atom. The molecule has 0 N–H and O–H groups in total. The number of Topliss-reactive ketones (excluding diaryl/α,β-unsaturated/α-hetero) is 1. The Morgan fingerprint density at radius 1 is 0.955 bits per heavy atom. The number of halogens is 2. The minimum atomic E-state index is -0.846. The molecule has 5 heteroatoms. The van der Waals surface area contributed by atoms with Crippen LogP contribution in [0, 0.1) is 0 Å². The summed E-state index contributed by atoms with van der Waals surface area (Å²) in [7, 11) is 0. The molecule has 2 rings (SSSR count). The van der Waals surface area contributed by atoms with E-state index in [4.69, 9.17) is 27.9 Å². The molecule has 0 aliphatic carbocycles. The van der Waals surface area contributed by atoms with Gasteiger partial charge < -0.3 is 4.74 Å². The summed E-state index contributed by atoms with van der Waals surface area (Å²) < 4.78 is 5.18. The van der Waals surface area contributed by atoms with E-state index in [1.54, 1.807) is 55.5 Å². The van der Waals surface area contributed by atoms with Crippen molar-refractivity contribution in [2.45, 2.75) is 19.4 Å². The molecule has 2 aromatic rings. The molecule has 0 aliphatic heterocycles. The SMILES string of the molecule is CC(OC(=O)Cc1ccc(Cl)cc1)C(=O)c1ccc(Cl)cc1. The Hall–Kier alpha value is -1.84. The molecule has 2 aromatic carbocycles. The van der Waals surface area contributed by atoms with Gasteiger partial charge in [-0.3, -0.25) is 9.59 Å². The summed E-state index contributed by atoms with van der Waals surface area (Å²) in [5.74, 6) is -0.724. The number of benzene rings is 2. The highest BCUT2D eigenvalue weighted by Gasteiger charge is 2.19. The van der Waals surface area contributed by atoms with E-state index in [0.717, 1.165) is 5.56 Å². The Morgan fingerprint density at radius 3 is 2.00 bits per heavy atom. The van der Waals surface area contributed by atoms with Crippen LogP contribution in [0.1, 0.15) is 22.8 Å². The Bertz CT molecular complexity index is 663. The highest BCUT2D eigenvalue weighted by atomic mass is 35.5. The minimum Gasteiger partial charge on any atom is -0.454 e. The minimum absolute atomic E-state index is 0.0927. The maximum absolute atomic E-state index is 12.2. The maximum Gasteiger partial charge on any atom is 0.310 e. The second-order valence-electron chi connectivity index (χ2n) is 4.81. The molecule has 114 valence electrons. The van der Waals surface area contributed by atoms with Crippen molar-refractivity contribution in [2.75, 3.05) is 0 Å². The molecule has 0 saturated heterocycles. The van der Waals surface area contributed by atoms with Crippen LogP contribution in [0.5, 0.6) is 0 Å². The van der Waals surface area contributed by atoms with E-state index in [2.05, 4.69) is 0 Å². The molecule has 0 radical (unpaired) electrons. The van der Waals surface area contributed by atoms with E-state index in [-0.39, 0.29) is 12.2 Å². The van der Waals surface area contributed by atoms with E-state index < -0.39 is 12.1 Å². The van der Waals surface area contributed by atoms with Gasteiger partial charge >= 0.3 is 5.97 Å². The van der Waals surface area contributed by atoms with E-state index >= 15 is 0 Å². The fourth-order valence-corrected chi connectivity index (χ4v) is 2.16. The quantitative estimate of drug-likeness (QED) is 0.602. The number of ether oxygens (including phenoxy) is 1. The lowest BCUT2D eigenvalue weighted by molar-refractivity contribution is -0.145. The van der Waals surface area contributed by atoms with Crippen LogP contribution in [0.4, 0.5) is 0 Å². The zero-order chi connectivity index (χ0) is 16.1. The predicted octanol–water partition coefficient (Wildman–Crippen LogP) is 4.35. The normalized spacial score (nSPS) is 11.8. The average Bonchev–Trinajstić information content (AvgIpc) is 2.49. The molecule has 1 unspecified atom stereocenters. The van der Waals surface area contributed by atoms with Gasteiger partial charge in [0.05, 0.1) is 6.42 Å². The number of esters is 1. The number of carbonyl (C=O) groups is 2. The predicted molar refractivity (Wildman–Crippen MR) is 86.5 cm³/mol. The van der Waals surface area contributed by atoms with E-state index in [9.17, 15) is 9.59 Å². The Balaban J connectivity index is 1.94. The molecule has 0 fully saturated rings. The van der Waals surface area contributed by atoms with Gasteiger partial charge in [0, 0.05) is 15.6 Å². The molecule has 1 atom stereocenters. The average molecular weight is 337 g/mol. The van der Waals surface area contributed by atoms with Crippen LogP contribution in [0.2, 0.25) is 10.0 Å². The monoisotopic (exact) mass is 336 g/mol. The smallest absolute Gasteiger partial charge is 0.310 e. The molecule has 0 aromatic heterocycles. The largest absolute Gasteiger partial charge is 0.454 e. The van der Waals surface area contributed by atoms with Crippen molar-refractivity contribution in [3.8, 4) is 0 Å². The summed E-state index contributed by atoms with van der Waals surface area (Å²) in [4.78, 5) is 24.0. The second kappa shape index (κ2) is 7.43. The fourth-order valence-electron chi connectivity index (χ4n) is 1.91. The lowest BCUT2D eigenvalue weighted by Crippen LogP contribution is -2.25. The second-order valence-corrected chi connectivity index (χ2v) is 5.68. The number of hydrogen-bond acceptors (Lipinski definition) is 3. The first-order chi connectivity index (χ1) is 10.5. The summed E-state index contributed by atoms with van der Waals surface area (Å²) in [6, 6.07) is 13.3. The highest BCUT2D eigenvalue weighted by Crippen LogP contribution is 2.14. The van der Waals surface area contributed by atoms with E-state index in [1.807, 2.05) is 0 Å². The summed E-state index contributed by atoms with van der Waals surface area (Å²) in [6.45, 7) is 1.55. The van der Waals surface area contributed by atoms with E-state index in [1.165, 1.54) is 0 Å².